The number of nitrogens with one attached hydrogen (secondary N) is 10. The smallest absolute Gasteiger partial charge is 0.247 e. The first kappa shape index (κ1) is 72.7. The van der Waals surface area contributed by atoms with E-state index in [4.69, 9.17) is 18.9 Å². The van der Waals surface area contributed by atoms with Crippen LogP contribution in [0.4, 0.5) is 0 Å². The van der Waals surface area contributed by atoms with Gasteiger partial charge in [0, 0.05) is 56.6 Å². The molecule has 514 valence electrons. The Hall–Kier alpha value is -8.17. The van der Waals surface area contributed by atoms with Gasteiger partial charge in [0.1, 0.15) is 43.4 Å². The predicted molar refractivity (Wildman–Crippen MR) is 354 cm³/mol. The second-order valence-corrected chi connectivity index (χ2v) is 24.7. The molecule has 25 nitrogen and oxygen atoms in total. The lowest BCUT2D eigenvalue weighted by atomic mass is 9.92. The van der Waals surface area contributed by atoms with Gasteiger partial charge in [-0.2, -0.15) is 0 Å². The van der Waals surface area contributed by atoms with E-state index in [9.17, 15) is 43.2 Å². The van der Waals surface area contributed by atoms with Crippen molar-refractivity contribution in [1.82, 2.24) is 63.0 Å². The number of rotatable bonds is 36. The van der Waals surface area contributed by atoms with Gasteiger partial charge in [-0.05, 0) is 102 Å². The highest BCUT2D eigenvalue weighted by Crippen LogP contribution is 2.37. The highest BCUT2D eigenvalue weighted by molar-refractivity contribution is 5.97. The number of hydrogen-bond donors (Lipinski definition) is 10. The number of carbonyl (C=O) groups is 9. The van der Waals surface area contributed by atoms with Gasteiger partial charge in [0.15, 0.2) is 0 Å². The second kappa shape index (κ2) is 37.8. The summed E-state index contributed by atoms with van der Waals surface area (Å²) in [5.41, 5.74) is 3.46. The van der Waals surface area contributed by atoms with Crippen molar-refractivity contribution >= 4 is 53.2 Å². The molecule has 11 atom stereocenters. The van der Waals surface area contributed by atoms with E-state index >= 15 is 0 Å². The standard InChI is InChI=1S/C70H96N12O13/c1-46(71-3)64(85)79-62-52(42-73-41-48-17-9-5-10-18-48)25-27-54-30-32-57(82(54)69(62)90)67(88)78-61(51-23-15-8-16-24-51)68(89)75-34-36-93-38-40-94-39-37-92-35-33-74-58(83)44-95-45-59(84)76-43-53-26-28-55-29-31-56(81(55)70(91)63(53)80-65(86)47(2)72-4)66(87)77-60(49-19-11-6-12-20-49)50-21-13-7-14-22-50/h5-24,46-47,52-57,60-63,71-73H,25-45H2,1-4H3,(H,74,83)(H,75,89)(H,76,84)(H,77,87)(H,78,88)(H,79,85)(H,80,86)/t46-,47-,52+,53+,54-,55-,56-,57-,61-,62-,63-/m0/s1. The van der Waals surface area contributed by atoms with Crippen LogP contribution in [0.1, 0.15) is 99.6 Å². The molecule has 0 saturated carbocycles. The molecule has 4 aromatic rings. The molecule has 0 spiro atoms. The molecule has 0 bridgehead atoms. The molecule has 0 radical (unpaired) electrons. The van der Waals surface area contributed by atoms with Gasteiger partial charge in [0.25, 0.3) is 0 Å². The number of fused-ring (bicyclic) bond motifs is 2. The van der Waals surface area contributed by atoms with Crippen molar-refractivity contribution in [3.63, 3.8) is 0 Å². The first-order valence-corrected chi connectivity index (χ1v) is 33.4. The first-order valence-electron chi connectivity index (χ1n) is 33.4. The maximum Gasteiger partial charge on any atom is 0.247 e. The molecule has 4 aliphatic rings. The molecular weight excluding hydrogens is 1220 g/mol. The lowest BCUT2D eigenvalue weighted by Gasteiger charge is -2.33. The fourth-order valence-electron chi connectivity index (χ4n) is 12.8. The van der Waals surface area contributed by atoms with Crippen LogP contribution >= 0.6 is 0 Å². The lowest BCUT2D eigenvalue weighted by molar-refractivity contribution is -0.144. The summed E-state index contributed by atoms with van der Waals surface area (Å²) in [6, 6.07) is 31.5. The topological polar surface area (TPSA) is 317 Å². The highest BCUT2D eigenvalue weighted by atomic mass is 16.5. The van der Waals surface area contributed by atoms with Crippen LogP contribution in [0, 0.1) is 11.8 Å². The van der Waals surface area contributed by atoms with Crippen molar-refractivity contribution in [2.75, 3.05) is 93.1 Å². The van der Waals surface area contributed by atoms with E-state index in [1.807, 2.05) is 97.1 Å². The van der Waals surface area contributed by atoms with E-state index in [2.05, 4.69) is 53.2 Å². The molecule has 95 heavy (non-hydrogen) atoms. The summed E-state index contributed by atoms with van der Waals surface area (Å²) in [4.78, 5) is 127. The number of nitrogens with zero attached hydrogens (tertiary/aromatic N) is 2. The SMILES string of the molecule is CN[C@@H](C)C(=O)N[C@@H]1C(=O)N2[C@@H](CC[C@@H]1CNC(=O)COCC(=O)NCCOCCOCCOCCNC(=O)[C@@H](NC(=O)[C@@H]1CC[C@@H]3CC[C@H](CNCc4ccccc4)[C@H](NC(=O)[C@H](C)NC)C(=O)N31)c1ccccc1)CC[C@H]2C(=O)NC(c1ccccc1)c1ccccc1. The van der Waals surface area contributed by atoms with Crippen LogP contribution in [0.2, 0.25) is 0 Å². The monoisotopic (exact) mass is 1310 g/mol. The van der Waals surface area contributed by atoms with Crippen molar-refractivity contribution in [3.8, 4) is 0 Å². The number of benzene rings is 4. The van der Waals surface area contributed by atoms with Crippen LogP contribution < -0.4 is 53.2 Å². The molecule has 4 aliphatic heterocycles. The summed E-state index contributed by atoms with van der Waals surface area (Å²) in [5, 5.41) is 29.8. The molecule has 4 aromatic carbocycles. The minimum atomic E-state index is -1.06. The highest BCUT2D eigenvalue weighted by Gasteiger charge is 2.50. The van der Waals surface area contributed by atoms with Gasteiger partial charge in [-0.15, -0.1) is 0 Å². The molecule has 10 N–H and O–H groups in total. The van der Waals surface area contributed by atoms with Crippen LogP contribution in [-0.2, 0) is 68.6 Å². The Labute approximate surface area is 556 Å². The van der Waals surface area contributed by atoms with Gasteiger partial charge >= 0.3 is 0 Å². The van der Waals surface area contributed by atoms with Crippen LogP contribution in [0.3, 0.4) is 0 Å². The van der Waals surface area contributed by atoms with Crippen LogP contribution in [0.25, 0.3) is 0 Å². The molecule has 4 saturated heterocycles. The third-order valence-corrected chi connectivity index (χ3v) is 18.3. The molecular formula is C70H96N12O13. The predicted octanol–water partition coefficient (Wildman–Crippen LogP) is 1.68. The number of carbonyl (C=O) groups excluding carboxylic acids is 9. The largest absolute Gasteiger partial charge is 0.377 e. The van der Waals surface area contributed by atoms with E-state index in [0.717, 1.165) is 16.7 Å². The number of hydrogen-bond acceptors (Lipinski definition) is 16. The van der Waals surface area contributed by atoms with Crippen molar-refractivity contribution in [3.05, 3.63) is 144 Å². The van der Waals surface area contributed by atoms with Crippen LogP contribution in [0.5, 0.6) is 0 Å². The Morgan fingerprint density at radius 3 is 1.38 bits per heavy atom. The number of likely N-dealkylation sites (N-methyl/N-ethyl adjacent to an activating group) is 2. The summed E-state index contributed by atoms with van der Waals surface area (Å²) in [6.45, 7) is 5.39. The zero-order valence-corrected chi connectivity index (χ0v) is 55.0. The minimum Gasteiger partial charge on any atom is -0.377 e. The van der Waals surface area contributed by atoms with Gasteiger partial charge in [0.2, 0.25) is 53.2 Å². The average Bonchev–Trinajstić information content (AvgIpc) is 1.66. The molecule has 25 heteroatoms. The fraction of sp³-hybridized carbons (Fsp3) is 0.529. The Bertz CT molecular complexity index is 3080. The van der Waals surface area contributed by atoms with Crippen LogP contribution in [-0.4, -0.2) is 204 Å². The number of ether oxygens (including phenoxy) is 4. The molecule has 4 fully saturated rings. The van der Waals surface area contributed by atoms with E-state index in [0.29, 0.717) is 70.0 Å². The van der Waals surface area contributed by atoms with Gasteiger partial charge in [0.05, 0.1) is 57.8 Å². The van der Waals surface area contributed by atoms with Crippen LogP contribution in [0.15, 0.2) is 121 Å². The summed E-state index contributed by atoms with van der Waals surface area (Å²) in [7, 11) is 3.32. The van der Waals surface area contributed by atoms with Gasteiger partial charge < -0.3 is 81.9 Å². The number of amides is 9. The second-order valence-electron chi connectivity index (χ2n) is 24.7. The Kier molecular flexibility index (Phi) is 28.9. The maximum absolute atomic E-state index is 14.6. The molecule has 0 aromatic heterocycles. The quantitative estimate of drug-likeness (QED) is 0.0290. The Morgan fingerprint density at radius 1 is 0.463 bits per heavy atom. The summed E-state index contributed by atoms with van der Waals surface area (Å²) in [5.74, 6) is -4.26. The third kappa shape index (κ3) is 21.2. The van der Waals surface area contributed by atoms with Crippen molar-refractivity contribution in [2.45, 2.75) is 132 Å². The molecule has 8 rings (SSSR count). The zero-order valence-electron chi connectivity index (χ0n) is 55.0. The van der Waals surface area contributed by atoms with E-state index < -0.39 is 90.4 Å². The van der Waals surface area contributed by atoms with E-state index in [1.165, 1.54) is 0 Å². The lowest BCUT2D eigenvalue weighted by Crippen LogP contribution is -2.59. The molecule has 0 aliphatic carbocycles. The average molecular weight is 1310 g/mol. The fourth-order valence-corrected chi connectivity index (χ4v) is 12.8. The zero-order chi connectivity index (χ0) is 67.5. The Morgan fingerprint density at radius 2 is 0.884 bits per heavy atom. The summed E-state index contributed by atoms with van der Waals surface area (Å²) in [6.07, 6.45) is 4.48. The molecule has 9 amide bonds. The minimum absolute atomic E-state index is 0.0434. The van der Waals surface area contributed by atoms with Gasteiger partial charge in [-0.3, -0.25) is 43.2 Å². The Balaban J connectivity index is 0.693. The first-order chi connectivity index (χ1) is 46.1. The summed E-state index contributed by atoms with van der Waals surface area (Å²) >= 11 is 0. The molecule has 4 heterocycles. The third-order valence-electron chi connectivity index (χ3n) is 18.3. The van der Waals surface area contributed by atoms with Gasteiger partial charge in [-0.25, -0.2) is 0 Å². The summed E-state index contributed by atoms with van der Waals surface area (Å²) < 4.78 is 22.3. The normalized spacial score (nSPS) is 21.8. The van der Waals surface area contributed by atoms with E-state index in [-0.39, 0.29) is 108 Å². The molecule has 0 unspecified atom stereocenters. The van der Waals surface area contributed by atoms with Crippen molar-refractivity contribution < 1.29 is 62.1 Å². The van der Waals surface area contributed by atoms with Crippen molar-refractivity contribution in [2.24, 2.45) is 11.8 Å². The van der Waals surface area contributed by atoms with Crippen molar-refractivity contribution in [1.29, 1.82) is 0 Å². The maximum atomic E-state index is 14.6. The van der Waals surface area contributed by atoms with E-state index in [1.54, 1.807) is 62.0 Å². The van der Waals surface area contributed by atoms with Gasteiger partial charge in [-0.1, -0.05) is 121 Å².